The highest BCUT2D eigenvalue weighted by molar-refractivity contribution is 7.99. The van der Waals surface area contributed by atoms with Gasteiger partial charge in [0.25, 0.3) is 5.56 Å². The maximum absolute atomic E-state index is 12.2. The van der Waals surface area contributed by atoms with E-state index in [1.165, 1.54) is 0 Å². The molecule has 0 saturated carbocycles. The number of nitrogens with one attached hydrogen (secondary N) is 1. The summed E-state index contributed by atoms with van der Waals surface area (Å²) in [6.07, 6.45) is 0. The highest BCUT2D eigenvalue weighted by atomic mass is 35.5. The molecule has 1 heterocycles. The number of H-pyrrole nitrogens is 1. The van der Waals surface area contributed by atoms with Crippen molar-refractivity contribution in [3.05, 3.63) is 69.5 Å². The molecule has 0 aliphatic carbocycles. The molecule has 8 heteroatoms. The Morgan fingerprint density at radius 3 is 2.42 bits per heavy atom. The largest absolute Gasteiger partial charge is 0.497 e. The van der Waals surface area contributed by atoms with Crippen LogP contribution in [-0.2, 0) is 0 Å². The number of halogens is 1. The molecule has 0 radical (unpaired) electrons. The summed E-state index contributed by atoms with van der Waals surface area (Å²) in [5.41, 5.74) is 1.02. The standard InChI is InChI=1S/C18H14ClN3O3S/c1-25-14-8-4-12(5-9-14)16-17(24)20-18(22-21-16)26-10-15(23)11-2-6-13(19)7-3-11/h2-9H,10H2,1H3,(H,20,22,24). The number of ketones is 1. The molecule has 6 nitrogen and oxygen atoms in total. The number of rotatable bonds is 6. The maximum Gasteiger partial charge on any atom is 0.278 e. The predicted octanol–water partition coefficient (Wildman–Crippen LogP) is 3.47. The van der Waals surface area contributed by atoms with Crippen LogP contribution >= 0.6 is 23.4 Å². The zero-order chi connectivity index (χ0) is 18.5. The number of Topliss-reactive ketones (excluding diaryl/α,β-unsaturated/α-hetero) is 1. The Labute approximate surface area is 158 Å². The smallest absolute Gasteiger partial charge is 0.278 e. The molecule has 1 N–H and O–H groups in total. The van der Waals surface area contributed by atoms with Gasteiger partial charge in [0.05, 0.1) is 12.9 Å². The molecule has 3 rings (SSSR count). The lowest BCUT2D eigenvalue weighted by Gasteiger charge is -2.04. The number of carbonyl (C=O) groups excluding carboxylic acids is 1. The van der Waals surface area contributed by atoms with Gasteiger partial charge in [0.2, 0.25) is 0 Å². The van der Waals surface area contributed by atoms with Crippen LogP contribution in [0.15, 0.2) is 58.5 Å². The average molecular weight is 388 g/mol. The van der Waals surface area contributed by atoms with E-state index < -0.39 is 0 Å². The number of nitrogens with zero attached hydrogens (tertiary/aromatic N) is 2. The number of benzene rings is 2. The number of hydrogen-bond donors (Lipinski definition) is 1. The zero-order valence-corrected chi connectivity index (χ0v) is 15.3. The van der Waals surface area contributed by atoms with Gasteiger partial charge in [0.15, 0.2) is 16.6 Å². The van der Waals surface area contributed by atoms with Gasteiger partial charge >= 0.3 is 0 Å². The van der Waals surface area contributed by atoms with E-state index in [4.69, 9.17) is 16.3 Å². The number of hydrogen-bond acceptors (Lipinski definition) is 6. The molecule has 0 bridgehead atoms. The third kappa shape index (κ3) is 4.30. The summed E-state index contributed by atoms with van der Waals surface area (Å²) in [5.74, 6) is 0.730. The van der Waals surface area contributed by atoms with Gasteiger partial charge in [-0.2, -0.15) is 0 Å². The van der Waals surface area contributed by atoms with Gasteiger partial charge in [0, 0.05) is 16.1 Å². The fourth-order valence-corrected chi connectivity index (χ4v) is 3.00. The van der Waals surface area contributed by atoms with Gasteiger partial charge < -0.3 is 4.74 Å². The van der Waals surface area contributed by atoms with Crippen molar-refractivity contribution >= 4 is 29.1 Å². The minimum atomic E-state index is -0.369. The van der Waals surface area contributed by atoms with Gasteiger partial charge in [-0.1, -0.05) is 23.4 Å². The van der Waals surface area contributed by atoms with Crippen molar-refractivity contribution in [1.29, 1.82) is 0 Å². The summed E-state index contributed by atoms with van der Waals surface area (Å²) in [7, 11) is 1.57. The Morgan fingerprint density at radius 2 is 1.81 bits per heavy atom. The maximum atomic E-state index is 12.2. The molecular formula is C18H14ClN3O3S. The summed E-state index contributed by atoms with van der Waals surface area (Å²) in [6.45, 7) is 0. The average Bonchev–Trinajstić information content (AvgIpc) is 2.67. The lowest BCUT2D eigenvalue weighted by molar-refractivity contribution is 0.102. The molecule has 3 aromatic rings. The number of thioether (sulfide) groups is 1. The van der Waals surface area contributed by atoms with E-state index in [1.54, 1.807) is 55.6 Å². The summed E-state index contributed by atoms with van der Waals surface area (Å²) in [6, 6.07) is 13.6. The third-order valence-electron chi connectivity index (χ3n) is 3.55. The second-order valence-electron chi connectivity index (χ2n) is 5.26. The molecule has 0 unspecified atom stereocenters. The van der Waals surface area contributed by atoms with Crippen molar-refractivity contribution in [3.8, 4) is 17.0 Å². The molecule has 1 aromatic heterocycles. The van der Waals surface area contributed by atoms with Crippen molar-refractivity contribution in [2.45, 2.75) is 5.16 Å². The summed E-state index contributed by atoms with van der Waals surface area (Å²) < 4.78 is 5.09. The molecule has 0 saturated heterocycles. The Morgan fingerprint density at radius 1 is 1.12 bits per heavy atom. The summed E-state index contributed by atoms with van der Waals surface area (Å²) in [4.78, 5) is 27.0. The van der Waals surface area contributed by atoms with Crippen LogP contribution < -0.4 is 10.3 Å². The number of aromatic amines is 1. The number of methoxy groups -OCH3 is 1. The van der Waals surface area contributed by atoms with Crippen LogP contribution in [-0.4, -0.2) is 33.8 Å². The molecule has 0 fully saturated rings. The Balaban J connectivity index is 1.70. The first-order valence-electron chi connectivity index (χ1n) is 7.60. The Bertz CT molecular complexity index is 972. The SMILES string of the molecule is COc1ccc(-c2nnc(SCC(=O)c3ccc(Cl)cc3)[nH]c2=O)cc1. The van der Waals surface area contributed by atoms with Crippen molar-refractivity contribution < 1.29 is 9.53 Å². The minimum Gasteiger partial charge on any atom is -0.497 e. The summed E-state index contributed by atoms with van der Waals surface area (Å²) >= 11 is 6.93. The monoisotopic (exact) mass is 387 g/mol. The molecule has 26 heavy (non-hydrogen) atoms. The molecule has 0 spiro atoms. The van der Waals surface area contributed by atoms with Crippen molar-refractivity contribution in [1.82, 2.24) is 15.2 Å². The molecule has 2 aromatic carbocycles. The Hall–Kier alpha value is -2.64. The molecule has 0 atom stereocenters. The number of carbonyl (C=O) groups is 1. The first-order valence-corrected chi connectivity index (χ1v) is 8.96. The third-order valence-corrected chi connectivity index (χ3v) is 4.66. The van der Waals surface area contributed by atoms with Crippen LogP contribution in [0, 0.1) is 0 Å². The van der Waals surface area contributed by atoms with E-state index in [1.807, 2.05) is 0 Å². The molecule has 0 aliphatic heterocycles. The van der Waals surface area contributed by atoms with E-state index in [0.717, 1.165) is 11.8 Å². The van der Waals surface area contributed by atoms with Crippen LogP contribution in [0.1, 0.15) is 10.4 Å². The molecular weight excluding hydrogens is 374 g/mol. The summed E-state index contributed by atoms with van der Waals surface area (Å²) in [5, 5.41) is 8.83. The van der Waals surface area contributed by atoms with E-state index >= 15 is 0 Å². The van der Waals surface area contributed by atoms with E-state index in [-0.39, 0.29) is 27.9 Å². The van der Waals surface area contributed by atoms with Gasteiger partial charge in [-0.3, -0.25) is 14.6 Å². The van der Waals surface area contributed by atoms with Crippen LogP contribution in [0.2, 0.25) is 5.02 Å². The molecule has 0 amide bonds. The molecule has 132 valence electrons. The number of ether oxygens (including phenoxy) is 1. The quantitative estimate of drug-likeness (QED) is 0.515. The second kappa shape index (κ2) is 8.16. The minimum absolute atomic E-state index is 0.0893. The lowest BCUT2D eigenvalue weighted by Crippen LogP contribution is -2.14. The van der Waals surface area contributed by atoms with Crippen molar-refractivity contribution in [2.24, 2.45) is 0 Å². The van der Waals surface area contributed by atoms with Gasteiger partial charge in [-0.25, -0.2) is 0 Å². The first-order chi connectivity index (χ1) is 12.6. The van der Waals surface area contributed by atoms with E-state index in [0.29, 0.717) is 21.9 Å². The topological polar surface area (TPSA) is 84.9 Å². The van der Waals surface area contributed by atoms with E-state index in [9.17, 15) is 9.59 Å². The second-order valence-corrected chi connectivity index (χ2v) is 6.66. The first kappa shape index (κ1) is 18.2. The fourth-order valence-electron chi connectivity index (χ4n) is 2.18. The lowest BCUT2D eigenvalue weighted by atomic mass is 10.1. The van der Waals surface area contributed by atoms with Crippen LogP contribution in [0.25, 0.3) is 11.3 Å². The van der Waals surface area contributed by atoms with Crippen LogP contribution in [0.4, 0.5) is 0 Å². The zero-order valence-electron chi connectivity index (χ0n) is 13.7. The highest BCUT2D eigenvalue weighted by Crippen LogP contribution is 2.19. The van der Waals surface area contributed by atoms with Crippen molar-refractivity contribution in [3.63, 3.8) is 0 Å². The highest BCUT2D eigenvalue weighted by Gasteiger charge is 2.11. The van der Waals surface area contributed by atoms with Crippen LogP contribution in [0.3, 0.4) is 0 Å². The van der Waals surface area contributed by atoms with E-state index in [2.05, 4.69) is 15.2 Å². The van der Waals surface area contributed by atoms with Gasteiger partial charge in [-0.15, -0.1) is 10.2 Å². The number of aromatic nitrogens is 3. The molecule has 0 aliphatic rings. The Kier molecular flexibility index (Phi) is 5.70. The van der Waals surface area contributed by atoms with Gasteiger partial charge in [-0.05, 0) is 48.5 Å². The normalized spacial score (nSPS) is 10.5. The fraction of sp³-hybridized carbons (Fsp3) is 0.111. The van der Waals surface area contributed by atoms with Crippen molar-refractivity contribution in [2.75, 3.05) is 12.9 Å². The van der Waals surface area contributed by atoms with Crippen LogP contribution in [0.5, 0.6) is 5.75 Å². The van der Waals surface area contributed by atoms with Gasteiger partial charge in [0.1, 0.15) is 5.75 Å². The predicted molar refractivity (Wildman–Crippen MR) is 101 cm³/mol.